The lowest BCUT2D eigenvalue weighted by atomic mass is 9.75. The number of carboxylic acids is 3. The Kier molecular flexibility index (Phi) is 25.2. The zero-order chi connectivity index (χ0) is 67.8. The van der Waals surface area contributed by atoms with E-state index in [-0.39, 0.29) is 68.5 Å². The average molecular weight is 1340 g/mol. The Bertz CT molecular complexity index is 3920. The number of carbonyl (C=O) groups excluding carboxylic acids is 1. The highest BCUT2D eigenvalue weighted by molar-refractivity contribution is 7.86. The zero-order valence-corrected chi connectivity index (χ0v) is 56.9. The number of rotatable bonds is 26. The smallest absolute Gasteiger partial charge is 0.303 e. The Labute approximate surface area is 569 Å². The highest BCUT2D eigenvalue weighted by Crippen LogP contribution is 2.49. The van der Waals surface area contributed by atoms with Gasteiger partial charge in [-0.05, 0) is 159 Å². The molecule has 5 aromatic carbocycles. The summed E-state index contributed by atoms with van der Waals surface area (Å²) in [5, 5.41) is 34.8. The van der Waals surface area contributed by atoms with Crippen molar-refractivity contribution in [3.63, 3.8) is 0 Å². The van der Waals surface area contributed by atoms with E-state index in [1.165, 1.54) is 57.6 Å². The van der Waals surface area contributed by atoms with E-state index >= 15 is 0 Å². The monoisotopic (exact) mass is 1340 g/mol. The molecule has 0 saturated heterocycles. The molecule has 0 spiro atoms. The van der Waals surface area contributed by atoms with Crippen LogP contribution in [0.4, 0.5) is 28.4 Å². The number of hydrogen-bond donors (Lipinski definition) is 4. The van der Waals surface area contributed by atoms with Crippen LogP contribution >= 0.6 is 0 Å². The number of anilines is 3. The fraction of sp³-hybridized carbons (Fsp3) is 0.481. The molecule has 5 aromatic rings. The van der Waals surface area contributed by atoms with Crippen LogP contribution in [0.5, 0.6) is 17.2 Å². The number of aldehydes is 1. The molecule has 518 valence electrons. The number of carbonyl (C=O) groups is 4. The lowest BCUT2D eigenvalue weighted by Gasteiger charge is -2.32. The van der Waals surface area contributed by atoms with Gasteiger partial charge in [0, 0.05) is 148 Å². The highest BCUT2D eigenvalue weighted by Gasteiger charge is 2.54. The van der Waals surface area contributed by atoms with E-state index in [1.54, 1.807) is 18.2 Å². The molecule has 0 amide bonds. The van der Waals surface area contributed by atoms with Crippen molar-refractivity contribution in [3.05, 3.63) is 141 Å². The maximum atomic E-state index is 11.4. The van der Waals surface area contributed by atoms with Crippen molar-refractivity contribution in [1.82, 2.24) is 0 Å². The molecule has 4 N–H and O–H groups in total. The standard InChI is InChI=1S/C32H40N2O6S.C29H34N2O3.C14H19NO4.2CH4/c1-21(41(37,38)39)9-10-22-11-14-27-26(18-22)32(2,3)31-25-19-23-12-13-24(33(4)16-7-5-6-8-30(35)36)20-29(23)40-28(25)15-17-34(27)31;1-19-9-12-24-23(16-19)29(2,3)28-22-17-20-10-11-21(30(4)14-7-5-6-8-27(32)33)18-26(20)34-25(22)13-15-31(24)28;1-15(8-4-2-3-5-14(18)19)12-7-6-11(10-16)13(17)9-12;;/h11-14,18-21,28H,5-10,15-17H2,1-4H3,(H-,35,36,37,38,39);9-12,16-18,25H,5-8,13-15H2,1-4H3;6-7,9-10,17H,2-5,8H2,1H3,(H,18,19);2*1H4/p+1. The van der Waals surface area contributed by atoms with Gasteiger partial charge >= 0.3 is 17.9 Å². The molecule has 0 aromatic heterocycles. The summed E-state index contributed by atoms with van der Waals surface area (Å²) in [6, 6.07) is 31.0. The topological polar surface area (TPSA) is 241 Å². The zero-order valence-electron chi connectivity index (χ0n) is 56.1. The summed E-state index contributed by atoms with van der Waals surface area (Å²) in [5.74, 6) is -0.384. The third-order valence-corrected chi connectivity index (χ3v) is 20.7. The first kappa shape index (κ1) is 75.1. The molecular formula is C77H102N5O13S+. The van der Waals surface area contributed by atoms with Crippen molar-refractivity contribution in [2.24, 2.45) is 0 Å². The van der Waals surface area contributed by atoms with Crippen LogP contribution in [0.2, 0.25) is 0 Å². The SMILES string of the molecule is C.C.CC(CCc1ccc2c(c1)C(C)(C)C1=[N+]2CCC2Oc3cc(N(C)CCCCCC(=O)O)ccc3C=C12)S(=O)(=O)[O-].CN(CCCCCC(=O)O)c1ccc(C=O)c(O)c1.Cc1ccc2c(c1)C(C)(C)C1=[N+]2CCC2Oc3cc(N(C)CCCCCC(=O)O)ccc3C=C12. The van der Waals surface area contributed by atoms with E-state index in [0.717, 1.165) is 136 Å². The first-order chi connectivity index (χ1) is 44.7. The summed E-state index contributed by atoms with van der Waals surface area (Å²) in [4.78, 5) is 48.8. The Morgan fingerprint density at radius 1 is 0.604 bits per heavy atom. The average Bonchev–Trinajstić information content (AvgIpc) is 1.55. The molecule has 6 aliphatic rings. The first-order valence-electron chi connectivity index (χ1n) is 33.3. The van der Waals surface area contributed by atoms with Gasteiger partial charge in [0.15, 0.2) is 30.8 Å². The number of carboxylic acid groups (broad SMARTS) is 3. The number of fused-ring (bicyclic) bond motifs is 10. The predicted octanol–water partition coefficient (Wildman–Crippen LogP) is 14.5. The fourth-order valence-electron chi connectivity index (χ4n) is 14.0. The van der Waals surface area contributed by atoms with Gasteiger partial charge in [0.1, 0.15) is 29.5 Å². The van der Waals surface area contributed by atoms with E-state index in [1.807, 2.05) is 11.9 Å². The summed E-state index contributed by atoms with van der Waals surface area (Å²) in [6.07, 6.45) is 16.3. The van der Waals surface area contributed by atoms with E-state index in [0.29, 0.717) is 32.0 Å². The second kappa shape index (κ2) is 32.2. The first-order valence-corrected chi connectivity index (χ1v) is 34.7. The van der Waals surface area contributed by atoms with E-state index in [4.69, 9.17) is 24.8 Å². The third-order valence-electron chi connectivity index (χ3n) is 19.4. The Hall–Kier alpha value is -8.29. The molecule has 6 aliphatic heterocycles. The number of hydrogen-bond acceptors (Lipinski definition) is 13. The van der Waals surface area contributed by atoms with Crippen molar-refractivity contribution in [2.45, 2.75) is 187 Å². The van der Waals surface area contributed by atoms with Crippen LogP contribution in [0.3, 0.4) is 0 Å². The van der Waals surface area contributed by atoms with Crippen molar-refractivity contribution in [3.8, 4) is 17.2 Å². The molecule has 6 heterocycles. The van der Waals surface area contributed by atoms with Crippen LogP contribution in [0.1, 0.15) is 190 Å². The van der Waals surface area contributed by atoms with Gasteiger partial charge < -0.3 is 49.2 Å². The van der Waals surface area contributed by atoms with Crippen molar-refractivity contribution in [1.29, 1.82) is 0 Å². The lowest BCUT2D eigenvalue weighted by Crippen LogP contribution is -2.42. The predicted molar refractivity (Wildman–Crippen MR) is 383 cm³/mol. The van der Waals surface area contributed by atoms with Gasteiger partial charge in [-0.15, -0.1) is 0 Å². The van der Waals surface area contributed by atoms with Crippen LogP contribution in [0.25, 0.3) is 12.2 Å². The number of phenols is 1. The molecule has 0 bridgehead atoms. The Morgan fingerprint density at radius 2 is 1.02 bits per heavy atom. The molecular weight excluding hydrogens is 1230 g/mol. The maximum absolute atomic E-state index is 11.4. The quantitative estimate of drug-likeness (QED) is 0.0174. The molecule has 18 nitrogen and oxygen atoms in total. The molecule has 0 radical (unpaired) electrons. The van der Waals surface area contributed by atoms with Crippen LogP contribution in [-0.4, -0.2) is 149 Å². The summed E-state index contributed by atoms with van der Waals surface area (Å²) in [6.45, 7) is 17.2. The van der Waals surface area contributed by atoms with Crippen LogP contribution in [0, 0.1) is 6.92 Å². The highest BCUT2D eigenvalue weighted by atomic mass is 32.2. The fourth-order valence-corrected chi connectivity index (χ4v) is 14.4. The Balaban J connectivity index is 0.000000214. The van der Waals surface area contributed by atoms with Crippen LogP contribution in [0.15, 0.2) is 102 Å². The minimum absolute atomic E-state index is 0. The van der Waals surface area contributed by atoms with Crippen molar-refractivity contribution >= 4 is 86.3 Å². The maximum Gasteiger partial charge on any atom is 0.303 e. The summed E-state index contributed by atoms with van der Waals surface area (Å²) < 4.78 is 52.3. The molecule has 96 heavy (non-hydrogen) atoms. The summed E-state index contributed by atoms with van der Waals surface area (Å²) >= 11 is 0. The Morgan fingerprint density at radius 3 is 1.44 bits per heavy atom. The minimum Gasteiger partial charge on any atom is -0.748 e. The van der Waals surface area contributed by atoms with Gasteiger partial charge in [-0.1, -0.05) is 51.8 Å². The molecule has 3 unspecified atom stereocenters. The number of aryl methyl sites for hydroxylation is 2. The largest absolute Gasteiger partial charge is 0.748 e. The minimum atomic E-state index is -4.28. The van der Waals surface area contributed by atoms with Crippen LogP contribution in [-0.2, 0) is 41.8 Å². The molecule has 11 rings (SSSR count). The third kappa shape index (κ3) is 17.5. The number of ether oxygens (including phenoxy) is 2. The lowest BCUT2D eigenvalue weighted by molar-refractivity contribution is -0.444. The van der Waals surface area contributed by atoms with E-state index in [9.17, 15) is 37.3 Å². The van der Waals surface area contributed by atoms with Crippen LogP contribution < -0.4 is 24.2 Å². The van der Waals surface area contributed by atoms with Gasteiger partial charge in [0.2, 0.25) is 11.4 Å². The molecule has 3 atom stereocenters. The van der Waals surface area contributed by atoms with Gasteiger partial charge in [-0.25, -0.2) is 8.42 Å². The van der Waals surface area contributed by atoms with Gasteiger partial charge in [0.25, 0.3) is 0 Å². The van der Waals surface area contributed by atoms with E-state index < -0.39 is 33.3 Å². The van der Waals surface area contributed by atoms with Gasteiger partial charge in [-0.2, -0.15) is 9.15 Å². The number of nitrogens with zero attached hydrogens (tertiary/aromatic N) is 5. The molecule has 0 aliphatic carbocycles. The van der Waals surface area contributed by atoms with Crippen molar-refractivity contribution in [2.75, 3.05) is 68.6 Å². The second-order valence-electron chi connectivity index (χ2n) is 27.1. The molecule has 19 heteroatoms. The van der Waals surface area contributed by atoms with Gasteiger partial charge in [0.05, 0.1) is 37.7 Å². The van der Waals surface area contributed by atoms with Crippen molar-refractivity contribution < 1.29 is 71.2 Å². The number of aliphatic carboxylic acids is 3. The normalized spacial score (nSPS) is 17.1. The molecule has 0 saturated carbocycles. The van der Waals surface area contributed by atoms with Gasteiger partial charge in [-0.3, -0.25) is 19.2 Å². The number of phenolic OH excluding ortho intramolecular Hbond substituents is 1. The van der Waals surface area contributed by atoms with E-state index in [2.05, 4.69) is 153 Å². The number of unbranched alkanes of at least 4 members (excludes halogenated alkanes) is 6. The molecule has 0 fully saturated rings. The number of aromatic hydroxyl groups is 1. The summed E-state index contributed by atoms with van der Waals surface area (Å²) in [7, 11) is 1.77. The second-order valence-corrected chi connectivity index (χ2v) is 28.9. The number of benzene rings is 5. The summed E-state index contributed by atoms with van der Waals surface area (Å²) in [5.41, 5.74) is 17.9.